The first-order valence-electron chi connectivity index (χ1n) is 21.3. The summed E-state index contributed by atoms with van der Waals surface area (Å²) in [6.07, 6.45) is 0. The van der Waals surface area contributed by atoms with Crippen molar-refractivity contribution in [3.8, 4) is 44.5 Å². The number of para-hydroxylation sites is 2. The molecular weight excluding hydrogens is 751 g/mol. The maximum Gasteiger partial charge on any atom is 0.145 e. The van der Waals surface area contributed by atoms with E-state index in [4.69, 9.17) is 4.42 Å². The summed E-state index contributed by atoms with van der Waals surface area (Å²) >= 11 is 0. The van der Waals surface area contributed by atoms with Crippen LogP contribution in [0.4, 0.5) is 17.1 Å². The van der Waals surface area contributed by atoms with Crippen LogP contribution >= 0.6 is 0 Å². The normalized spacial score (nSPS) is 11.5. The summed E-state index contributed by atoms with van der Waals surface area (Å²) in [7, 11) is 0. The van der Waals surface area contributed by atoms with Gasteiger partial charge in [-0.15, -0.1) is 0 Å². The lowest BCUT2D eigenvalue weighted by atomic mass is 9.91. The SMILES string of the molecule is c1ccc(-c2ccc(-c3ccc(N(c4ccccc4-c4ccc5c6ccccc6c6ccccc6c5c4)c4ccc(-c5ccccc5)c5oc6ccccc6c45)cc3)cc2)cc1. The van der Waals surface area contributed by atoms with Crippen LogP contribution in [0.2, 0.25) is 0 Å². The molecule has 1 heterocycles. The third-order valence-corrected chi connectivity index (χ3v) is 12.5. The molecule has 2 heteroatoms. The molecule has 2 nitrogen and oxygen atoms in total. The fraction of sp³-hybridized carbons (Fsp3) is 0. The van der Waals surface area contributed by atoms with E-state index in [1.807, 2.05) is 0 Å². The number of benzene rings is 11. The van der Waals surface area contributed by atoms with Crippen molar-refractivity contribution in [1.29, 1.82) is 0 Å². The van der Waals surface area contributed by atoms with E-state index in [1.54, 1.807) is 0 Å². The molecule has 0 saturated heterocycles. The van der Waals surface area contributed by atoms with Crippen LogP contribution in [-0.4, -0.2) is 0 Å². The highest BCUT2D eigenvalue weighted by atomic mass is 16.3. The van der Waals surface area contributed by atoms with Crippen molar-refractivity contribution < 1.29 is 4.42 Å². The zero-order valence-corrected chi connectivity index (χ0v) is 33.9. The molecule has 0 spiro atoms. The smallest absolute Gasteiger partial charge is 0.145 e. The Bertz CT molecular complexity index is 3570. The van der Waals surface area contributed by atoms with Crippen molar-refractivity contribution in [2.24, 2.45) is 0 Å². The van der Waals surface area contributed by atoms with E-state index < -0.39 is 0 Å². The van der Waals surface area contributed by atoms with E-state index in [0.29, 0.717) is 0 Å². The van der Waals surface area contributed by atoms with Gasteiger partial charge in [0.05, 0.1) is 16.8 Å². The lowest BCUT2D eigenvalue weighted by Gasteiger charge is -2.29. The summed E-state index contributed by atoms with van der Waals surface area (Å²) < 4.78 is 6.83. The molecule has 290 valence electrons. The van der Waals surface area contributed by atoms with Crippen molar-refractivity contribution in [1.82, 2.24) is 0 Å². The van der Waals surface area contributed by atoms with Crippen LogP contribution < -0.4 is 4.90 Å². The molecule has 0 saturated carbocycles. The zero-order valence-electron chi connectivity index (χ0n) is 33.9. The average molecular weight is 790 g/mol. The highest BCUT2D eigenvalue weighted by Crippen LogP contribution is 2.49. The van der Waals surface area contributed by atoms with E-state index in [-0.39, 0.29) is 0 Å². The van der Waals surface area contributed by atoms with Crippen molar-refractivity contribution in [2.75, 3.05) is 4.90 Å². The average Bonchev–Trinajstić information content (AvgIpc) is 3.75. The summed E-state index contributed by atoms with van der Waals surface area (Å²) in [5.74, 6) is 0. The van der Waals surface area contributed by atoms with Gasteiger partial charge in [0.1, 0.15) is 11.2 Å². The molecule has 0 amide bonds. The van der Waals surface area contributed by atoms with Crippen LogP contribution in [0.5, 0.6) is 0 Å². The Morgan fingerprint density at radius 1 is 0.274 bits per heavy atom. The number of hydrogen-bond acceptors (Lipinski definition) is 2. The molecule has 0 fully saturated rings. The zero-order chi connectivity index (χ0) is 41.0. The van der Waals surface area contributed by atoms with Gasteiger partial charge >= 0.3 is 0 Å². The maximum atomic E-state index is 6.83. The molecule has 0 bridgehead atoms. The summed E-state index contributed by atoms with van der Waals surface area (Å²) in [4.78, 5) is 2.43. The van der Waals surface area contributed by atoms with Crippen molar-refractivity contribution in [2.45, 2.75) is 0 Å². The second-order valence-electron chi connectivity index (χ2n) is 16.0. The molecule has 12 rings (SSSR count). The van der Waals surface area contributed by atoms with Gasteiger partial charge in [0.2, 0.25) is 0 Å². The molecule has 0 unspecified atom stereocenters. The Morgan fingerprint density at radius 3 is 1.39 bits per heavy atom. The van der Waals surface area contributed by atoms with Crippen LogP contribution in [0, 0.1) is 0 Å². The van der Waals surface area contributed by atoms with Crippen LogP contribution in [0.25, 0.3) is 98.8 Å². The van der Waals surface area contributed by atoms with E-state index >= 15 is 0 Å². The van der Waals surface area contributed by atoms with Crippen molar-refractivity contribution >= 4 is 71.3 Å². The van der Waals surface area contributed by atoms with Gasteiger partial charge in [-0.3, -0.25) is 0 Å². The van der Waals surface area contributed by atoms with Crippen LogP contribution in [0.3, 0.4) is 0 Å². The number of rotatable bonds is 7. The summed E-state index contributed by atoms with van der Waals surface area (Å²) in [6, 6.07) is 85.3. The molecule has 0 N–H and O–H groups in total. The number of furan rings is 1. The molecule has 0 radical (unpaired) electrons. The molecule has 1 aromatic heterocycles. The molecule has 0 aliphatic rings. The first-order chi connectivity index (χ1) is 30.8. The summed E-state index contributed by atoms with van der Waals surface area (Å²) in [6.45, 7) is 0. The van der Waals surface area contributed by atoms with E-state index in [0.717, 1.165) is 66.8 Å². The molecule has 62 heavy (non-hydrogen) atoms. The van der Waals surface area contributed by atoms with Gasteiger partial charge in [0.15, 0.2) is 0 Å². The number of hydrogen-bond donors (Lipinski definition) is 0. The Hall–Kier alpha value is -8.20. The van der Waals surface area contributed by atoms with Crippen LogP contribution in [-0.2, 0) is 0 Å². The summed E-state index contributed by atoms with van der Waals surface area (Å²) in [5, 5.41) is 9.73. The Kier molecular flexibility index (Phi) is 8.53. The lowest BCUT2D eigenvalue weighted by molar-refractivity contribution is 0.670. The quantitative estimate of drug-likeness (QED) is 0.150. The van der Waals surface area contributed by atoms with E-state index in [9.17, 15) is 0 Å². The third kappa shape index (κ3) is 5.96. The second-order valence-corrected chi connectivity index (χ2v) is 16.0. The van der Waals surface area contributed by atoms with Gasteiger partial charge < -0.3 is 9.32 Å². The fourth-order valence-corrected chi connectivity index (χ4v) is 9.53. The van der Waals surface area contributed by atoms with Crippen molar-refractivity contribution in [3.05, 3.63) is 237 Å². The highest BCUT2D eigenvalue weighted by molar-refractivity contribution is 6.26. The molecule has 0 atom stereocenters. The molecule has 0 aliphatic carbocycles. The van der Waals surface area contributed by atoms with Gasteiger partial charge in [-0.1, -0.05) is 194 Å². The lowest BCUT2D eigenvalue weighted by Crippen LogP contribution is -2.11. The monoisotopic (exact) mass is 789 g/mol. The van der Waals surface area contributed by atoms with Gasteiger partial charge in [0.25, 0.3) is 0 Å². The van der Waals surface area contributed by atoms with Crippen molar-refractivity contribution in [3.63, 3.8) is 0 Å². The predicted molar refractivity (Wildman–Crippen MR) is 263 cm³/mol. The molecule has 11 aromatic carbocycles. The Balaban J connectivity index is 1.07. The standard InChI is InChI=1S/C60H39NO/c1-3-15-40(16-4-1)41-27-29-42(30-28-41)43-31-34-46(35-32-43)61(57-38-37-48(44-17-5-2-6-18-44)60-59(57)54-24-12-14-26-58(54)62-60)56-25-13-11-19-47(56)45-33-36-53-51-22-8-7-20-49(51)50-21-9-10-23-52(50)55(53)39-45/h1-39H. The summed E-state index contributed by atoms with van der Waals surface area (Å²) in [5.41, 5.74) is 14.2. The first-order valence-corrected chi connectivity index (χ1v) is 21.3. The molecular formula is C60H39NO. The second kappa shape index (κ2) is 14.8. The fourth-order valence-electron chi connectivity index (χ4n) is 9.53. The number of anilines is 3. The number of fused-ring (bicyclic) bond motifs is 9. The molecule has 12 aromatic rings. The van der Waals surface area contributed by atoms with E-state index in [1.165, 1.54) is 49.0 Å². The van der Waals surface area contributed by atoms with Crippen LogP contribution in [0.1, 0.15) is 0 Å². The Labute approximate surface area is 360 Å². The highest BCUT2D eigenvalue weighted by Gasteiger charge is 2.24. The predicted octanol–water partition coefficient (Wildman–Crippen LogP) is 17.2. The van der Waals surface area contributed by atoms with Gasteiger partial charge in [-0.25, -0.2) is 0 Å². The third-order valence-electron chi connectivity index (χ3n) is 12.5. The van der Waals surface area contributed by atoms with Gasteiger partial charge in [-0.05, 0) is 108 Å². The minimum Gasteiger partial charge on any atom is -0.455 e. The van der Waals surface area contributed by atoms with Crippen LogP contribution in [0.15, 0.2) is 241 Å². The van der Waals surface area contributed by atoms with Gasteiger partial charge in [-0.2, -0.15) is 0 Å². The maximum absolute atomic E-state index is 6.83. The van der Waals surface area contributed by atoms with E-state index in [2.05, 4.69) is 241 Å². The molecule has 0 aliphatic heterocycles. The number of nitrogens with zero attached hydrogens (tertiary/aromatic N) is 1. The largest absolute Gasteiger partial charge is 0.455 e. The minimum absolute atomic E-state index is 0.864. The first kappa shape index (κ1) is 35.7. The van der Waals surface area contributed by atoms with Gasteiger partial charge in [0, 0.05) is 22.2 Å². The Morgan fingerprint density at radius 2 is 0.742 bits per heavy atom. The minimum atomic E-state index is 0.864. The topological polar surface area (TPSA) is 16.4 Å².